The number of hydrogen-bond acceptors (Lipinski definition) is 2. The van der Waals surface area contributed by atoms with E-state index in [9.17, 15) is 13.2 Å². The maximum absolute atomic E-state index is 13.8. The van der Waals surface area contributed by atoms with Crippen LogP contribution in [0.4, 0.5) is 13.2 Å². The summed E-state index contributed by atoms with van der Waals surface area (Å²) in [5.74, 6) is -1.89. The minimum atomic E-state index is -0.704. The van der Waals surface area contributed by atoms with Crippen molar-refractivity contribution in [2.75, 3.05) is 6.54 Å². The van der Waals surface area contributed by atoms with Crippen LogP contribution in [0.15, 0.2) is 36.4 Å². The number of halogens is 3. The molecule has 0 spiro atoms. The van der Waals surface area contributed by atoms with Crippen molar-refractivity contribution >= 4 is 0 Å². The molecule has 5 heteroatoms. The molecule has 1 N–H and O–H groups in total. The van der Waals surface area contributed by atoms with Crippen LogP contribution in [0.5, 0.6) is 11.5 Å². The third-order valence-electron chi connectivity index (χ3n) is 2.74. The first-order valence-corrected chi connectivity index (χ1v) is 6.23. The summed E-state index contributed by atoms with van der Waals surface area (Å²) in [6, 6.07) is 7.15. The van der Waals surface area contributed by atoms with E-state index in [1.165, 1.54) is 18.2 Å². The van der Waals surface area contributed by atoms with Crippen LogP contribution in [0.25, 0.3) is 0 Å². The molecule has 0 amide bonds. The van der Waals surface area contributed by atoms with Gasteiger partial charge >= 0.3 is 0 Å². The minimum absolute atomic E-state index is 0.162. The molecule has 0 fully saturated rings. The average molecular weight is 281 g/mol. The lowest BCUT2D eigenvalue weighted by Crippen LogP contribution is -2.13. The standard InChI is InChI=1S/C15H14F3NO/c1-2-19-9-11-12(17)4-3-5-14(11)20-15-8-10(16)6-7-13(15)18/h3-8,19H,2,9H2,1H3. The second-order valence-electron chi connectivity index (χ2n) is 4.17. The predicted octanol–water partition coefficient (Wildman–Crippen LogP) is 4.01. The lowest BCUT2D eigenvalue weighted by atomic mass is 10.2. The van der Waals surface area contributed by atoms with Gasteiger partial charge in [-0.05, 0) is 30.8 Å². The fourth-order valence-corrected chi connectivity index (χ4v) is 1.73. The van der Waals surface area contributed by atoms with Crippen LogP contribution in [0.3, 0.4) is 0 Å². The molecule has 0 bridgehead atoms. The molecule has 2 aromatic carbocycles. The first-order chi connectivity index (χ1) is 9.61. The van der Waals surface area contributed by atoms with E-state index in [2.05, 4.69) is 5.32 Å². The maximum atomic E-state index is 13.8. The SMILES string of the molecule is CCNCc1c(F)cccc1Oc1cc(F)ccc1F. The summed E-state index contributed by atoms with van der Waals surface area (Å²) in [4.78, 5) is 0. The van der Waals surface area contributed by atoms with Crippen LogP contribution in [0.2, 0.25) is 0 Å². The monoisotopic (exact) mass is 281 g/mol. The van der Waals surface area contributed by atoms with Crippen LogP contribution in [0, 0.1) is 17.5 Å². The molecule has 106 valence electrons. The zero-order valence-corrected chi connectivity index (χ0v) is 10.9. The number of nitrogens with one attached hydrogen (secondary N) is 1. The lowest BCUT2D eigenvalue weighted by Gasteiger charge is -2.13. The van der Waals surface area contributed by atoms with Crippen molar-refractivity contribution in [3.05, 3.63) is 59.4 Å². The Morgan fingerprint density at radius 3 is 2.55 bits per heavy atom. The van der Waals surface area contributed by atoms with E-state index >= 15 is 0 Å². The molecule has 0 saturated heterocycles. The van der Waals surface area contributed by atoms with E-state index in [1.54, 1.807) is 0 Å². The Hall–Kier alpha value is -2.01. The number of benzene rings is 2. The highest BCUT2D eigenvalue weighted by molar-refractivity contribution is 5.39. The summed E-state index contributed by atoms with van der Waals surface area (Å²) in [6.07, 6.45) is 0. The zero-order valence-electron chi connectivity index (χ0n) is 10.9. The van der Waals surface area contributed by atoms with Crippen molar-refractivity contribution in [2.24, 2.45) is 0 Å². The van der Waals surface area contributed by atoms with Gasteiger partial charge in [0.1, 0.15) is 17.4 Å². The molecular formula is C15H14F3NO. The molecule has 0 aliphatic rings. The Bertz CT molecular complexity index is 602. The first-order valence-electron chi connectivity index (χ1n) is 6.23. The van der Waals surface area contributed by atoms with Crippen molar-refractivity contribution in [1.82, 2.24) is 5.32 Å². The van der Waals surface area contributed by atoms with Crippen molar-refractivity contribution in [1.29, 1.82) is 0 Å². The van der Waals surface area contributed by atoms with Crippen LogP contribution < -0.4 is 10.1 Å². The quantitative estimate of drug-likeness (QED) is 0.894. The summed E-state index contributed by atoms with van der Waals surface area (Å²) < 4.78 is 45.7. The van der Waals surface area contributed by atoms with E-state index in [4.69, 9.17) is 4.74 Å². The van der Waals surface area contributed by atoms with Crippen LogP contribution in [-0.4, -0.2) is 6.54 Å². The highest BCUT2D eigenvalue weighted by Crippen LogP contribution is 2.29. The third kappa shape index (κ3) is 3.30. The first kappa shape index (κ1) is 14.4. The van der Waals surface area contributed by atoms with E-state index in [0.29, 0.717) is 6.54 Å². The third-order valence-corrected chi connectivity index (χ3v) is 2.74. The van der Waals surface area contributed by atoms with Gasteiger partial charge in [-0.15, -0.1) is 0 Å². The highest BCUT2D eigenvalue weighted by atomic mass is 19.1. The number of rotatable bonds is 5. The van der Waals surface area contributed by atoms with Gasteiger partial charge in [0.2, 0.25) is 0 Å². The van der Waals surface area contributed by atoms with Crippen molar-refractivity contribution < 1.29 is 17.9 Å². The van der Waals surface area contributed by atoms with E-state index in [0.717, 1.165) is 18.2 Å². The Kier molecular flexibility index (Phi) is 4.63. The second kappa shape index (κ2) is 6.43. The van der Waals surface area contributed by atoms with E-state index in [1.807, 2.05) is 6.92 Å². The fraction of sp³-hybridized carbons (Fsp3) is 0.200. The minimum Gasteiger partial charge on any atom is -0.454 e. The van der Waals surface area contributed by atoms with Crippen LogP contribution in [0.1, 0.15) is 12.5 Å². The molecule has 0 aromatic heterocycles. The molecule has 0 unspecified atom stereocenters. The summed E-state index contributed by atoms with van der Waals surface area (Å²) >= 11 is 0. The number of hydrogen-bond donors (Lipinski definition) is 1. The Balaban J connectivity index is 2.33. The Morgan fingerprint density at radius 1 is 1.00 bits per heavy atom. The molecule has 20 heavy (non-hydrogen) atoms. The van der Waals surface area contributed by atoms with Crippen LogP contribution >= 0.6 is 0 Å². The Labute approximate surface area is 115 Å². The summed E-state index contributed by atoms with van der Waals surface area (Å²) in [5.41, 5.74) is 0.276. The van der Waals surface area contributed by atoms with Gasteiger partial charge in [0.25, 0.3) is 0 Å². The fourth-order valence-electron chi connectivity index (χ4n) is 1.73. The Morgan fingerprint density at radius 2 is 1.80 bits per heavy atom. The molecule has 2 nitrogen and oxygen atoms in total. The molecule has 0 heterocycles. The van der Waals surface area contributed by atoms with E-state index in [-0.39, 0.29) is 23.6 Å². The molecule has 0 saturated carbocycles. The molecule has 0 radical (unpaired) electrons. The average Bonchev–Trinajstić information content (AvgIpc) is 2.42. The zero-order chi connectivity index (χ0) is 14.5. The molecule has 0 aliphatic carbocycles. The van der Waals surface area contributed by atoms with Crippen LogP contribution in [-0.2, 0) is 6.54 Å². The highest BCUT2D eigenvalue weighted by Gasteiger charge is 2.12. The summed E-state index contributed by atoms with van der Waals surface area (Å²) in [6.45, 7) is 2.78. The summed E-state index contributed by atoms with van der Waals surface area (Å²) in [7, 11) is 0. The van der Waals surface area contributed by atoms with Crippen molar-refractivity contribution in [2.45, 2.75) is 13.5 Å². The predicted molar refractivity (Wildman–Crippen MR) is 70.2 cm³/mol. The van der Waals surface area contributed by atoms with Gasteiger partial charge in [-0.3, -0.25) is 0 Å². The number of ether oxygens (including phenoxy) is 1. The van der Waals surface area contributed by atoms with Gasteiger partial charge in [-0.2, -0.15) is 0 Å². The largest absolute Gasteiger partial charge is 0.454 e. The molecule has 0 atom stereocenters. The molecular weight excluding hydrogens is 267 g/mol. The lowest BCUT2D eigenvalue weighted by molar-refractivity contribution is 0.425. The second-order valence-corrected chi connectivity index (χ2v) is 4.17. The molecule has 2 aromatic rings. The normalized spacial score (nSPS) is 10.6. The van der Waals surface area contributed by atoms with Crippen molar-refractivity contribution in [3.63, 3.8) is 0 Å². The van der Waals surface area contributed by atoms with Gasteiger partial charge in [-0.25, -0.2) is 13.2 Å². The van der Waals surface area contributed by atoms with Gasteiger partial charge in [0.15, 0.2) is 11.6 Å². The summed E-state index contributed by atoms with van der Waals surface area (Å²) in [5, 5.41) is 2.97. The topological polar surface area (TPSA) is 21.3 Å². The maximum Gasteiger partial charge on any atom is 0.165 e. The van der Waals surface area contributed by atoms with Gasteiger partial charge < -0.3 is 10.1 Å². The van der Waals surface area contributed by atoms with Gasteiger partial charge in [0, 0.05) is 18.2 Å². The van der Waals surface area contributed by atoms with E-state index < -0.39 is 17.5 Å². The van der Waals surface area contributed by atoms with Gasteiger partial charge in [0.05, 0.1) is 0 Å². The van der Waals surface area contributed by atoms with Gasteiger partial charge in [-0.1, -0.05) is 13.0 Å². The molecule has 0 aliphatic heterocycles. The molecule has 2 rings (SSSR count). The smallest absolute Gasteiger partial charge is 0.165 e. The van der Waals surface area contributed by atoms with Crippen molar-refractivity contribution in [3.8, 4) is 11.5 Å².